The first kappa shape index (κ1) is 19.2. The number of carbonyl (C=O) groups is 1. The summed E-state index contributed by atoms with van der Waals surface area (Å²) in [5, 5.41) is 14.0. The lowest BCUT2D eigenvalue weighted by molar-refractivity contribution is -0.385. The van der Waals surface area contributed by atoms with Gasteiger partial charge in [-0.15, -0.1) is 0 Å². The van der Waals surface area contributed by atoms with Crippen LogP contribution in [0.4, 0.5) is 17.1 Å². The number of nitrogens with zero attached hydrogens (tertiary/aromatic N) is 1. The molecule has 0 heterocycles. The molecular formula is C23H15N3O3. The van der Waals surface area contributed by atoms with Crippen molar-refractivity contribution in [2.24, 2.45) is 0 Å². The largest absolute Gasteiger partial charge is 0.398 e. The predicted molar refractivity (Wildman–Crippen MR) is 112 cm³/mol. The number of nitrogen functional groups attached to an aromatic ring is 1. The molecule has 0 bridgehead atoms. The van der Waals surface area contributed by atoms with E-state index >= 15 is 0 Å². The number of nitrogens with one attached hydrogen (secondary N) is 1. The normalized spacial score (nSPS) is 9.38. The monoisotopic (exact) mass is 381 g/mol. The molecule has 0 aliphatic rings. The maximum Gasteiger partial charge on any atom is 0.286 e. The Labute approximate surface area is 167 Å². The molecule has 0 radical (unpaired) electrons. The zero-order valence-electron chi connectivity index (χ0n) is 15.2. The van der Waals surface area contributed by atoms with Gasteiger partial charge in [0.05, 0.1) is 10.5 Å². The molecule has 0 saturated carbocycles. The van der Waals surface area contributed by atoms with E-state index in [4.69, 9.17) is 5.73 Å². The third-order valence-electron chi connectivity index (χ3n) is 3.93. The lowest BCUT2D eigenvalue weighted by atomic mass is 10.1. The van der Waals surface area contributed by atoms with Gasteiger partial charge in [0.15, 0.2) is 0 Å². The first-order chi connectivity index (χ1) is 14.1. The van der Waals surface area contributed by atoms with Crippen molar-refractivity contribution in [1.82, 2.24) is 0 Å². The average Bonchev–Trinajstić information content (AvgIpc) is 2.73. The number of anilines is 2. The molecule has 140 valence electrons. The van der Waals surface area contributed by atoms with E-state index in [2.05, 4.69) is 29.0 Å². The number of nitro groups is 1. The Morgan fingerprint density at radius 2 is 1.48 bits per heavy atom. The van der Waals surface area contributed by atoms with E-state index in [1.54, 1.807) is 24.3 Å². The molecule has 3 aromatic carbocycles. The van der Waals surface area contributed by atoms with Gasteiger partial charge in [0, 0.05) is 28.6 Å². The molecule has 0 aromatic heterocycles. The molecule has 0 spiro atoms. The topological polar surface area (TPSA) is 98.3 Å². The Bertz CT molecular complexity index is 1180. The number of carbonyl (C=O) groups excluding carboxylic acids is 1. The van der Waals surface area contributed by atoms with Gasteiger partial charge in [0.2, 0.25) is 6.41 Å². The van der Waals surface area contributed by atoms with Crippen molar-refractivity contribution >= 4 is 23.5 Å². The first-order valence-electron chi connectivity index (χ1n) is 8.54. The van der Waals surface area contributed by atoms with Crippen molar-refractivity contribution in [3.8, 4) is 23.7 Å². The smallest absolute Gasteiger partial charge is 0.286 e. The van der Waals surface area contributed by atoms with E-state index in [-0.39, 0.29) is 11.3 Å². The van der Waals surface area contributed by atoms with Gasteiger partial charge in [0.1, 0.15) is 5.56 Å². The summed E-state index contributed by atoms with van der Waals surface area (Å²) in [5.41, 5.74) is 8.83. The third-order valence-corrected chi connectivity index (χ3v) is 3.93. The van der Waals surface area contributed by atoms with Gasteiger partial charge in [-0.25, -0.2) is 0 Å². The number of hydrogen-bond acceptors (Lipinski definition) is 4. The van der Waals surface area contributed by atoms with Gasteiger partial charge in [-0.1, -0.05) is 41.9 Å². The molecule has 0 atom stereocenters. The molecule has 6 heteroatoms. The number of nitrogens with two attached hydrogens (primary N) is 1. The van der Waals surface area contributed by atoms with Crippen molar-refractivity contribution in [2.45, 2.75) is 0 Å². The van der Waals surface area contributed by atoms with E-state index < -0.39 is 4.92 Å². The summed E-state index contributed by atoms with van der Waals surface area (Å²) < 4.78 is 0. The minimum absolute atomic E-state index is 0.155. The second-order valence-corrected chi connectivity index (χ2v) is 5.92. The summed E-state index contributed by atoms with van der Waals surface area (Å²) in [6.45, 7) is 0. The van der Waals surface area contributed by atoms with Crippen LogP contribution in [-0.2, 0) is 4.79 Å². The van der Waals surface area contributed by atoms with Crippen molar-refractivity contribution < 1.29 is 9.72 Å². The van der Waals surface area contributed by atoms with E-state index in [0.717, 1.165) is 5.56 Å². The van der Waals surface area contributed by atoms with Crippen LogP contribution in [0.3, 0.4) is 0 Å². The molecule has 3 rings (SSSR count). The summed E-state index contributed by atoms with van der Waals surface area (Å²) in [4.78, 5) is 21.4. The van der Waals surface area contributed by atoms with Crippen molar-refractivity contribution in [3.63, 3.8) is 0 Å². The Morgan fingerprint density at radius 1 is 0.862 bits per heavy atom. The number of amides is 1. The third kappa shape index (κ3) is 5.00. The van der Waals surface area contributed by atoms with Crippen LogP contribution in [0.1, 0.15) is 22.3 Å². The van der Waals surface area contributed by atoms with E-state index in [9.17, 15) is 14.9 Å². The average molecular weight is 381 g/mol. The SMILES string of the molecule is Nc1cc(C#Cc2ccccc2)c([N+](=O)[O-])cc1C#Cc1ccc(NC=O)cc1. The summed E-state index contributed by atoms with van der Waals surface area (Å²) in [6.07, 6.45) is 0.586. The molecule has 6 nitrogen and oxygen atoms in total. The maximum atomic E-state index is 11.5. The number of hydrogen-bond donors (Lipinski definition) is 2. The fourth-order valence-corrected chi connectivity index (χ4v) is 2.48. The maximum absolute atomic E-state index is 11.5. The molecule has 0 saturated heterocycles. The minimum Gasteiger partial charge on any atom is -0.398 e. The number of nitro benzene ring substituents is 1. The number of benzene rings is 3. The van der Waals surface area contributed by atoms with E-state index in [1.165, 1.54) is 12.1 Å². The molecule has 1 amide bonds. The minimum atomic E-state index is -0.500. The summed E-state index contributed by atoms with van der Waals surface area (Å²) in [5.74, 6) is 11.5. The molecular weight excluding hydrogens is 366 g/mol. The van der Waals surface area contributed by atoms with Crippen molar-refractivity contribution in [3.05, 3.63) is 99.1 Å². The van der Waals surface area contributed by atoms with Crippen LogP contribution in [-0.4, -0.2) is 11.3 Å². The Kier molecular flexibility index (Phi) is 5.90. The molecule has 3 aromatic rings. The lowest BCUT2D eigenvalue weighted by Crippen LogP contribution is -1.98. The fraction of sp³-hybridized carbons (Fsp3) is 0. The van der Waals surface area contributed by atoms with Crippen LogP contribution in [0.15, 0.2) is 66.7 Å². The van der Waals surface area contributed by atoms with Gasteiger partial charge in [0.25, 0.3) is 5.69 Å². The second-order valence-electron chi connectivity index (χ2n) is 5.92. The standard InChI is InChI=1S/C23H15N3O3/c24-22-14-20(11-7-17-4-2-1-3-5-17)23(26(28)29)15-19(22)10-6-18-8-12-21(13-9-18)25-16-27/h1-5,8-9,12-16H,24H2,(H,25,27). The molecule has 29 heavy (non-hydrogen) atoms. The zero-order valence-corrected chi connectivity index (χ0v) is 15.2. The van der Waals surface area contributed by atoms with Crippen molar-refractivity contribution in [2.75, 3.05) is 11.1 Å². The fourth-order valence-electron chi connectivity index (χ4n) is 2.48. The second kappa shape index (κ2) is 8.90. The van der Waals surface area contributed by atoms with E-state index in [0.29, 0.717) is 28.9 Å². The van der Waals surface area contributed by atoms with Gasteiger partial charge < -0.3 is 11.1 Å². The van der Waals surface area contributed by atoms with Gasteiger partial charge >= 0.3 is 0 Å². The Hall–Kier alpha value is -4.55. The van der Waals surface area contributed by atoms with Gasteiger partial charge in [-0.2, -0.15) is 0 Å². The highest BCUT2D eigenvalue weighted by atomic mass is 16.6. The van der Waals surface area contributed by atoms with Crippen LogP contribution >= 0.6 is 0 Å². The van der Waals surface area contributed by atoms with Crippen LogP contribution in [0.5, 0.6) is 0 Å². The summed E-state index contributed by atoms with van der Waals surface area (Å²) >= 11 is 0. The van der Waals surface area contributed by atoms with Crippen LogP contribution in [0, 0.1) is 33.8 Å². The Balaban J connectivity index is 1.94. The highest BCUT2D eigenvalue weighted by Crippen LogP contribution is 2.24. The highest BCUT2D eigenvalue weighted by molar-refractivity contribution is 5.72. The molecule has 3 N–H and O–H groups in total. The van der Waals surface area contributed by atoms with Crippen LogP contribution < -0.4 is 11.1 Å². The van der Waals surface area contributed by atoms with Gasteiger partial charge in [-0.3, -0.25) is 14.9 Å². The summed E-state index contributed by atoms with van der Waals surface area (Å²) in [7, 11) is 0. The Morgan fingerprint density at radius 3 is 2.10 bits per heavy atom. The molecule has 0 unspecified atom stereocenters. The van der Waals surface area contributed by atoms with Crippen molar-refractivity contribution in [1.29, 1.82) is 0 Å². The first-order valence-corrected chi connectivity index (χ1v) is 8.54. The number of rotatable bonds is 3. The highest BCUT2D eigenvalue weighted by Gasteiger charge is 2.15. The quantitative estimate of drug-likeness (QED) is 0.238. The predicted octanol–water partition coefficient (Wildman–Crippen LogP) is 3.54. The van der Waals surface area contributed by atoms with Crippen LogP contribution in [0.2, 0.25) is 0 Å². The van der Waals surface area contributed by atoms with Crippen LogP contribution in [0.25, 0.3) is 0 Å². The molecule has 0 aliphatic heterocycles. The lowest BCUT2D eigenvalue weighted by Gasteiger charge is -2.02. The molecule has 0 aliphatic carbocycles. The van der Waals surface area contributed by atoms with Gasteiger partial charge in [-0.05, 0) is 42.5 Å². The summed E-state index contributed by atoms with van der Waals surface area (Å²) in [6, 6.07) is 18.8. The molecule has 0 fully saturated rings. The zero-order chi connectivity index (χ0) is 20.6. The van der Waals surface area contributed by atoms with E-state index in [1.807, 2.05) is 30.3 Å².